The SMILES string of the molecule is CCC(C)[C@H](NC(=O)c1c(C)cccc1[N+](=O)[O-])C(=O)O. The number of rotatable bonds is 6. The van der Waals surface area contributed by atoms with Crippen molar-refractivity contribution in [3.63, 3.8) is 0 Å². The highest BCUT2D eigenvalue weighted by molar-refractivity contribution is 6.01. The number of aryl methyl sites for hydroxylation is 1. The van der Waals surface area contributed by atoms with Gasteiger partial charge in [0.05, 0.1) is 4.92 Å². The first-order valence-corrected chi connectivity index (χ1v) is 6.57. The number of nitro benzene ring substituents is 1. The Morgan fingerprint density at radius 3 is 2.52 bits per heavy atom. The summed E-state index contributed by atoms with van der Waals surface area (Å²) in [6, 6.07) is 3.19. The van der Waals surface area contributed by atoms with E-state index in [0.29, 0.717) is 12.0 Å². The molecule has 1 aromatic rings. The van der Waals surface area contributed by atoms with Gasteiger partial charge in [-0.2, -0.15) is 0 Å². The minimum Gasteiger partial charge on any atom is -0.480 e. The highest BCUT2D eigenvalue weighted by Crippen LogP contribution is 2.22. The fourth-order valence-electron chi connectivity index (χ4n) is 2.00. The second kappa shape index (κ2) is 6.83. The second-order valence-corrected chi connectivity index (χ2v) is 4.90. The summed E-state index contributed by atoms with van der Waals surface area (Å²) in [5, 5.41) is 22.5. The number of carbonyl (C=O) groups is 2. The molecule has 7 heteroatoms. The predicted molar refractivity (Wildman–Crippen MR) is 76.2 cm³/mol. The summed E-state index contributed by atoms with van der Waals surface area (Å²) in [6.45, 7) is 5.08. The van der Waals surface area contributed by atoms with E-state index < -0.39 is 22.8 Å². The zero-order valence-corrected chi connectivity index (χ0v) is 12.1. The topological polar surface area (TPSA) is 110 Å². The number of aliphatic carboxylic acids is 1. The molecule has 0 bridgehead atoms. The molecule has 0 fully saturated rings. The number of carboxylic acids is 1. The first-order valence-electron chi connectivity index (χ1n) is 6.57. The Hall–Kier alpha value is -2.44. The van der Waals surface area contributed by atoms with Gasteiger partial charge >= 0.3 is 5.97 Å². The number of nitro groups is 1. The van der Waals surface area contributed by atoms with Crippen LogP contribution in [0.4, 0.5) is 5.69 Å². The lowest BCUT2D eigenvalue weighted by molar-refractivity contribution is -0.385. The van der Waals surface area contributed by atoms with E-state index in [4.69, 9.17) is 5.11 Å². The van der Waals surface area contributed by atoms with E-state index in [1.807, 2.05) is 6.92 Å². The Morgan fingerprint density at radius 2 is 2.05 bits per heavy atom. The molecule has 1 amide bonds. The Morgan fingerprint density at radius 1 is 1.43 bits per heavy atom. The molecule has 2 N–H and O–H groups in total. The fraction of sp³-hybridized carbons (Fsp3) is 0.429. The Kier molecular flexibility index (Phi) is 5.40. The molecule has 114 valence electrons. The molecule has 7 nitrogen and oxygen atoms in total. The van der Waals surface area contributed by atoms with E-state index >= 15 is 0 Å². The quantitative estimate of drug-likeness (QED) is 0.617. The van der Waals surface area contributed by atoms with E-state index in [2.05, 4.69) is 5.32 Å². The smallest absolute Gasteiger partial charge is 0.326 e. The van der Waals surface area contributed by atoms with Crippen molar-refractivity contribution < 1.29 is 19.6 Å². The maximum absolute atomic E-state index is 12.2. The average Bonchev–Trinajstić information content (AvgIpc) is 2.42. The van der Waals surface area contributed by atoms with Gasteiger partial charge in [0.25, 0.3) is 11.6 Å². The van der Waals surface area contributed by atoms with Crippen LogP contribution in [0.2, 0.25) is 0 Å². The summed E-state index contributed by atoms with van der Waals surface area (Å²) in [4.78, 5) is 33.8. The van der Waals surface area contributed by atoms with Gasteiger partial charge in [0, 0.05) is 6.07 Å². The van der Waals surface area contributed by atoms with Gasteiger partial charge < -0.3 is 10.4 Å². The van der Waals surface area contributed by atoms with Gasteiger partial charge in [0.15, 0.2) is 0 Å². The monoisotopic (exact) mass is 294 g/mol. The summed E-state index contributed by atoms with van der Waals surface area (Å²) in [6.07, 6.45) is 0.563. The maximum Gasteiger partial charge on any atom is 0.326 e. The number of carbonyl (C=O) groups excluding carboxylic acids is 1. The van der Waals surface area contributed by atoms with Crippen molar-refractivity contribution in [2.75, 3.05) is 0 Å². The molecule has 2 atom stereocenters. The number of hydrogen-bond acceptors (Lipinski definition) is 4. The maximum atomic E-state index is 12.2. The van der Waals surface area contributed by atoms with Crippen molar-refractivity contribution in [2.45, 2.75) is 33.2 Å². The standard InChI is InChI=1S/C14H18N2O5/c1-4-8(2)12(14(18)19)15-13(17)11-9(3)6-5-7-10(11)16(20)21/h5-8,12H,4H2,1-3H3,(H,15,17)(H,18,19)/t8?,12-/m0/s1. The van der Waals surface area contributed by atoms with Crippen molar-refractivity contribution in [1.29, 1.82) is 0 Å². The van der Waals surface area contributed by atoms with E-state index in [0.717, 1.165) is 0 Å². The third-order valence-corrected chi connectivity index (χ3v) is 3.44. The summed E-state index contributed by atoms with van der Waals surface area (Å²) in [5.41, 5.74) is -0.00664. The van der Waals surface area contributed by atoms with E-state index in [9.17, 15) is 19.7 Å². The van der Waals surface area contributed by atoms with Crippen LogP contribution in [0.1, 0.15) is 36.2 Å². The van der Waals surface area contributed by atoms with Crippen molar-refractivity contribution >= 4 is 17.6 Å². The van der Waals surface area contributed by atoms with Crippen LogP contribution in [0.25, 0.3) is 0 Å². The average molecular weight is 294 g/mol. The highest BCUT2D eigenvalue weighted by atomic mass is 16.6. The molecule has 0 heterocycles. The minimum absolute atomic E-state index is 0.1000. The number of nitrogens with zero attached hydrogens (tertiary/aromatic N) is 1. The van der Waals surface area contributed by atoms with Gasteiger partial charge in [-0.3, -0.25) is 14.9 Å². The third kappa shape index (κ3) is 3.77. The van der Waals surface area contributed by atoms with E-state index in [1.165, 1.54) is 12.1 Å². The lowest BCUT2D eigenvalue weighted by atomic mass is 9.98. The van der Waals surface area contributed by atoms with Crippen molar-refractivity contribution in [1.82, 2.24) is 5.32 Å². The minimum atomic E-state index is -1.16. The largest absolute Gasteiger partial charge is 0.480 e. The predicted octanol–water partition coefficient (Wildman–Crippen LogP) is 2.13. The molecule has 0 radical (unpaired) electrons. The van der Waals surface area contributed by atoms with Crippen LogP contribution in [0.15, 0.2) is 18.2 Å². The molecular formula is C14H18N2O5. The van der Waals surface area contributed by atoms with Gasteiger partial charge in [-0.1, -0.05) is 32.4 Å². The molecule has 0 aliphatic heterocycles. The first-order chi connectivity index (χ1) is 9.79. The number of benzene rings is 1. The van der Waals surface area contributed by atoms with Gasteiger partial charge in [0.2, 0.25) is 0 Å². The van der Waals surface area contributed by atoms with Crippen LogP contribution in [-0.4, -0.2) is 27.9 Å². The Balaban J connectivity index is 3.14. The molecule has 1 aromatic carbocycles. The molecule has 0 saturated heterocycles. The van der Waals surface area contributed by atoms with Crippen LogP contribution in [0.5, 0.6) is 0 Å². The number of nitrogens with one attached hydrogen (secondary N) is 1. The summed E-state index contributed by atoms with van der Waals surface area (Å²) in [7, 11) is 0. The van der Waals surface area contributed by atoms with Gasteiger partial charge in [-0.25, -0.2) is 4.79 Å². The zero-order valence-electron chi connectivity index (χ0n) is 12.1. The fourth-order valence-corrected chi connectivity index (χ4v) is 2.00. The van der Waals surface area contributed by atoms with Crippen LogP contribution < -0.4 is 5.32 Å². The lowest BCUT2D eigenvalue weighted by Crippen LogP contribution is -2.45. The van der Waals surface area contributed by atoms with Crippen molar-refractivity contribution in [3.8, 4) is 0 Å². The van der Waals surface area contributed by atoms with E-state index in [-0.39, 0.29) is 17.2 Å². The van der Waals surface area contributed by atoms with Gasteiger partial charge in [-0.05, 0) is 18.4 Å². The molecule has 21 heavy (non-hydrogen) atoms. The first kappa shape index (κ1) is 16.6. The number of amides is 1. The molecule has 0 saturated carbocycles. The van der Waals surface area contributed by atoms with Gasteiger partial charge in [-0.15, -0.1) is 0 Å². The highest BCUT2D eigenvalue weighted by Gasteiger charge is 2.29. The molecule has 0 aromatic heterocycles. The molecule has 1 unspecified atom stereocenters. The van der Waals surface area contributed by atoms with Crippen LogP contribution in [0.3, 0.4) is 0 Å². The van der Waals surface area contributed by atoms with Crippen LogP contribution in [0, 0.1) is 23.0 Å². The van der Waals surface area contributed by atoms with Crippen molar-refractivity contribution in [3.05, 3.63) is 39.4 Å². The van der Waals surface area contributed by atoms with Crippen LogP contribution >= 0.6 is 0 Å². The summed E-state index contributed by atoms with van der Waals surface area (Å²) < 4.78 is 0. The lowest BCUT2D eigenvalue weighted by Gasteiger charge is -2.20. The second-order valence-electron chi connectivity index (χ2n) is 4.90. The molecule has 0 spiro atoms. The Bertz CT molecular complexity index is 570. The summed E-state index contributed by atoms with van der Waals surface area (Å²) >= 11 is 0. The normalized spacial score (nSPS) is 13.3. The zero-order chi connectivity index (χ0) is 16.2. The number of carboxylic acid groups (broad SMARTS) is 1. The van der Waals surface area contributed by atoms with Crippen molar-refractivity contribution in [2.24, 2.45) is 5.92 Å². The third-order valence-electron chi connectivity index (χ3n) is 3.44. The van der Waals surface area contributed by atoms with Gasteiger partial charge in [0.1, 0.15) is 11.6 Å². The van der Waals surface area contributed by atoms with Crippen LogP contribution in [-0.2, 0) is 4.79 Å². The van der Waals surface area contributed by atoms with E-state index in [1.54, 1.807) is 19.9 Å². The summed E-state index contributed by atoms with van der Waals surface area (Å²) in [5.74, 6) is -2.18. The molecule has 0 aliphatic rings. The Labute approximate surface area is 122 Å². The molecule has 0 aliphatic carbocycles. The molecule has 1 rings (SSSR count). The number of hydrogen-bond donors (Lipinski definition) is 2. The molecular weight excluding hydrogens is 276 g/mol.